The molecule has 16 heavy (non-hydrogen) atoms. The lowest BCUT2D eigenvalue weighted by Gasteiger charge is -2.18. The molecule has 3 heteroatoms. The molecule has 2 rings (SSSR count). The van der Waals surface area contributed by atoms with E-state index in [1.165, 1.54) is 0 Å². The number of benzene rings is 1. The first-order valence-electron chi connectivity index (χ1n) is 5.42. The van der Waals surface area contributed by atoms with Crippen LogP contribution in [-0.4, -0.2) is 11.7 Å². The van der Waals surface area contributed by atoms with Crippen LogP contribution >= 0.6 is 0 Å². The Bertz CT molecular complexity index is 440. The van der Waals surface area contributed by atoms with Gasteiger partial charge in [0.05, 0.1) is 23.9 Å². The summed E-state index contributed by atoms with van der Waals surface area (Å²) >= 11 is 0. The standard InChI is InChI=1S/C13H14N2O/c14-8-12-2-1-7-15-13(12)11-5-3-10(9-16)4-6-11/h3-6,15-16H,1-2,7,9H2. The zero-order chi connectivity index (χ0) is 11.4. The topological polar surface area (TPSA) is 56.0 Å². The third kappa shape index (κ3) is 2.07. The van der Waals surface area contributed by atoms with Gasteiger partial charge in [-0.3, -0.25) is 0 Å². The molecular formula is C13H14N2O. The molecule has 0 saturated heterocycles. The third-order valence-corrected chi connectivity index (χ3v) is 2.77. The minimum atomic E-state index is 0.0534. The molecular weight excluding hydrogens is 200 g/mol. The highest BCUT2D eigenvalue weighted by molar-refractivity contribution is 5.71. The van der Waals surface area contributed by atoms with Crippen LogP contribution in [0.1, 0.15) is 24.0 Å². The molecule has 1 aliphatic rings. The molecule has 0 spiro atoms. The molecule has 0 aromatic heterocycles. The smallest absolute Gasteiger partial charge is 0.0969 e. The van der Waals surface area contributed by atoms with Crippen molar-refractivity contribution in [1.29, 1.82) is 5.26 Å². The van der Waals surface area contributed by atoms with Gasteiger partial charge in [0.2, 0.25) is 0 Å². The number of hydrogen-bond acceptors (Lipinski definition) is 3. The summed E-state index contributed by atoms with van der Waals surface area (Å²) in [4.78, 5) is 0. The van der Waals surface area contributed by atoms with E-state index in [-0.39, 0.29) is 6.61 Å². The fourth-order valence-corrected chi connectivity index (χ4v) is 1.88. The fraction of sp³-hybridized carbons (Fsp3) is 0.308. The number of nitriles is 1. The summed E-state index contributed by atoms with van der Waals surface area (Å²) in [6.45, 7) is 0.972. The van der Waals surface area contributed by atoms with Gasteiger partial charge < -0.3 is 10.4 Å². The van der Waals surface area contributed by atoms with Gasteiger partial charge in [0, 0.05) is 6.54 Å². The molecule has 82 valence electrons. The Morgan fingerprint density at radius 2 is 2.06 bits per heavy atom. The summed E-state index contributed by atoms with van der Waals surface area (Å²) in [5.41, 5.74) is 3.67. The van der Waals surface area contributed by atoms with Crippen molar-refractivity contribution in [2.45, 2.75) is 19.4 Å². The van der Waals surface area contributed by atoms with Crippen LogP contribution in [0.15, 0.2) is 29.8 Å². The van der Waals surface area contributed by atoms with E-state index in [9.17, 15) is 0 Å². The molecule has 1 aromatic carbocycles. The highest BCUT2D eigenvalue weighted by Crippen LogP contribution is 2.22. The fourth-order valence-electron chi connectivity index (χ4n) is 1.88. The zero-order valence-corrected chi connectivity index (χ0v) is 9.03. The van der Waals surface area contributed by atoms with Gasteiger partial charge in [0.25, 0.3) is 0 Å². The maximum Gasteiger partial charge on any atom is 0.0969 e. The quantitative estimate of drug-likeness (QED) is 0.789. The molecule has 1 heterocycles. The van der Waals surface area contributed by atoms with Gasteiger partial charge in [0.1, 0.15) is 0 Å². The Hall–Kier alpha value is -1.79. The minimum Gasteiger partial charge on any atom is -0.392 e. The predicted molar refractivity (Wildman–Crippen MR) is 62.1 cm³/mol. The molecule has 0 saturated carbocycles. The molecule has 1 aliphatic heterocycles. The van der Waals surface area contributed by atoms with Crippen molar-refractivity contribution >= 4 is 5.70 Å². The van der Waals surface area contributed by atoms with Crippen LogP contribution in [0.5, 0.6) is 0 Å². The number of hydrogen-bond donors (Lipinski definition) is 2. The lowest BCUT2D eigenvalue weighted by molar-refractivity contribution is 0.282. The third-order valence-electron chi connectivity index (χ3n) is 2.77. The molecule has 2 N–H and O–H groups in total. The number of rotatable bonds is 2. The summed E-state index contributed by atoms with van der Waals surface area (Å²) in [5, 5.41) is 21.3. The molecule has 3 nitrogen and oxygen atoms in total. The number of allylic oxidation sites excluding steroid dienone is 1. The van der Waals surface area contributed by atoms with Crippen molar-refractivity contribution in [2.75, 3.05) is 6.54 Å². The van der Waals surface area contributed by atoms with Crippen LogP contribution in [0, 0.1) is 11.3 Å². The predicted octanol–water partition coefficient (Wildman–Crippen LogP) is 1.80. The van der Waals surface area contributed by atoms with Crippen LogP contribution in [0.25, 0.3) is 5.70 Å². The van der Waals surface area contributed by atoms with Crippen molar-refractivity contribution < 1.29 is 5.11 Å². The Morgan fingerprint density at radius 3 is 2.69 bits per heavy atom. The second kappa shape index (κ2) is 4.82. The van der Waals surface area contributed by atoms with Gasteiger partial charge in [-0.05, 0) is 24.0 Å². The molecule has 0 bridgehead atoms. The first-order chi connectivity index (χ1) is 7.85. The monoisotopic (exact) mass is 214 g/mol. The van der Waals surface area contributed by atoms with E-state index >= 15 is 0 Å². The van der Waals surface area contributed by atoms with Gasteiger partial charge >= 0.3 is 0 Å². The Morgan fingerprint density at radius 1 is 1.31 bits per heavy atom. The summed E-state index contributed by atoms with van der Waals surface area (Å²) in [7, 11) is 0. The average molecular weight is 214 g/mol. The molecule has 0 atom stereocenters. The first kappa shape index (κ1) is 10.7. The number of aliphatic hydroxyl groups is 1. The SMILES string of the molecule is N#CC1=C(c2ccc(CO)cc2)NCCC1. The number of nitrogens with zero attached hydrogens (tertiary/aromatic N) is 1. The van der Waals surface area contributed by atoms with Gasteiger partial charge in [-0.1, -0.05) is 24.3 Å². The summed E-state index contributed by atoms with van der Waals surface area (Å²) in [6.07, 6.45) is 1.86. The average Bonchev–Trinajstić information content (AvgIpc) is 2.39. The summed E-state index contributed by atoms with van der Waals surface area (Å²) in [6, 6.07) is 9.90. The zero-order valence-electron chi connectivity index (χ0n) is 9.03. The molecule has 0 unspecified atom stereocenters. The lowest BCUT2D eigenvalue weighted by atomic mass is 9.99. The van der Waals surface area contributed by atoms with Crippen LogP contribution in [0.4, 0.5) is 0 Å². The normalized spacial score (nSPS) is 15.5. The Kier molecular flexibility index (Phi) is 3.23. The maximum atomic E-state index is 9.04. The second-order valence-corrected chi connectivity index (χ2v) is 3.85. The minimum absolute atomic E-state index is 0.0534. The molecule has 0 amide bonds. The van der Waals surface area contributed by atoms with E-state index in [2.05, 4.69) is 11.4 Å². The van der Waals surface area contributed by atoms with Gasteiger partial charge in [-0.2, -0.15) is 5.26 Å². The molecule has 0 radical (unpaired) electrons. The van der Waals surface area contributed by atoms with E-state index in [4.69, 9.17) is 10.4 Å². The van der Waals surface area contributed by atoms with E-state index in [0.717, 1.165) is 41.8 Å². The number of aliphatic hydroxyl groups excluding tert-OH is 1. The van der Waals surface area contributed by atoms with E-state index in [1.807, 2.05) is 24.3 Å². The van der Waals surface area contributed by atoms with Crippen LogP contribution in [0.3, 0.4) is 0 Å². The van der Waals surface area contributed by atoms with Gasteiger partial charge in [0.15, 0.2) is 0 Å². The van der Waals surface area contributed by atoms with E-state index in [1.54, 1.807) is 0 Å². The lowest BCUT2D eigenvalue weighted by Crippen LogP contribution is -2.20. The van der Waals surface area contributed by atoms with Crippen molar-refractivity contribution in [3.8, 4) is 6.07 Å². The van der Waals surface area contributed by atoms with E-state index in [0.29, 0.717) is 0 Å². The van der Waals surface area contributed by atoms with Crippen LogP contribution in [0.2, 0.25) is 0 Å². The second-order valence-electron chi connectivity index (χ2n) is 3.85. The van der Waals surface area contributed by atoms with Crippen molar-refractivity contribution in [3.05, 3.63) is 41.0 Å². The highest BCUT2D eigenvalue weighted by atomic mass is 16.3. The Balaban J connectivity index is 2.35. The van der Waals surface area contributed by atoms with E-state index < -0.39 is 0 Å². The van der Waals surface area contributed by atoms with Crippen LogP contribution < -0.4 is 5.32 Å². The maximum absolute atomic E-state index is 9.04. The molecule has 0 fully saturated rings. The van der Waals surface area contributed by atoms with Gasteiger partial charge in [-0.15, -0.1) is 0 Å². The van der Waals surface area contributed by atoms with Crippen molar-refractivity contribution in [2.24, 2.45) is 0 Å². The van der Waals surface area contributed by atoms with Gasteiger partial charge in [-0.25, -0.2) is 0 Å². The summed E-state index contributed by atoms with van der Waals surface area (Å²) in [5.74, 6) is 0. The van der Waals surface area contributed by atoms with Crippen LogP contribution in [-0.2, 0) is 6.61 Å². The Labute approximate surface area is 95.0 Å². The first-order valence-corrected chi connectivity index (χ1v) is 5.42. The largest absolute Gasteiger partial charge is 0.392 e. The summed E-state index contributed by atoms with van der Waals surface area (Å²) < 4.78 is 0. The van der Waals surface area contributed by atoms with Crippen molar-refractivity contribution in [3.63, 3.8) is 0 Å². The molecule has 0 aliphatic carbocycles. The highest BCUT2D eigenvalue weighted by Gasteiger charge is 2.13. The number of nitrogens with one attached hydrogen (secondary N) is 1. The molecule has 1 aromatic rings. The van der Waals surface area contributed by atoms with Crippen molar-refractivity contribution in [1.82, 2.24) is 5.32 Å².